The normalized spacial score (nSPS) is 20.7. The lowest BCUT2D eigenvalue weighted by atomic mass is 9.64. The second-order valence-corrected chi connectivity index (χ2v) is 20.6. The highest BCUT2D eigenvalue weighted by atomic mass is 14.4. The maximum absolute atomic E-state index is 2.82. The topological polar surface area (TPSA) is 0 Å². The zero-order chi connectivity index (χ0) is 45.1. The molecule has 0 aliphatic heterocycles. The molecule has 2 aliphatic rings. The van der Waals surface area contributed by atoms with Crippen LogP contribution in [0.25, 0.3) is 0 Å². The Morgan fingerprint density at radius 3 is 1.65 bits per heavy atom. The number of hydrogen-bond donors (Lipinski definition) is 0. The molecule has 2 aliphatic carbocycles. The van der Waals surface area contributed by atoms with E-state index in [0.717, 1.165) is 41.9 Å². The molecular formula is C62H114. The van der Waals surface area contributed by atoms with Gasteiger partial charge in [0, 0.05) is 0 Å². The van der Waals surface area contributed by atoms with E-state index >= 15 is 0 Å². The average Bonchev–Trinajstić information content (AvgIpc) is 3.28. The first-order valence-electron chi connectivity index (χ1n) is 28.9. The summed E-state index contributed by atoms with van der Waals surface area (Å²) in [6.07, 6.45) is 73.1. The smallest absolute Gasteiger partial charge is 0.00173 e. The highest BCUT2D eigenvalue weighted by molar-refractivity contribution is 5.27. The van der Waals surface area contributed by atoms with E-state index in [-0.39, 0.29) is 0 Å². The summed E-state index contributed by atoms with van der Waals surface area (Å²) in [5.41, 5.74) is 3.66. The number of fused-ring (bicyclic) bond motifs is 1. The van der Waals surface area contributed by atoms with Gasteiger partial charge in [-0.1, -0.05) is 275 Å². The molecule has 62 heavy (non-hydrogen) atoms. The van der Waals surface area contributed by atoms with Crippen molar-refractivity contribution in [3.63, 3.8) is 0 Å². The molecule has 0 N–H and O–H groups in total. The van der Waals surface area contributed by atoms with E-state index in [4.69, 9.17) is 0 Å². The van der Waals surface area contributed by atoms with Crippen LogP contribution in [-0.2, 0) is 0 Å². The maximum atomic E-state index is 2.82. The van der Waals surface area contributed by atoms with E-state index in [0.29, 0.717) is 0 Å². The summed E-state index contributed by atoms with van der Waals surface area (Å²) in [7, 11) is 0. The van der Waals surface area contributed by atoms with E-state index in [9.17, 15) is 0 Å². The Morgan fingerprint density at radius 2 is 1.02 bits per heavy atom. The fourth-order valence-corrected chi connectivity index (χ4v) is 10.8. The van der Waals surface area contributed by atoms with Crippen molar-refractivity contribution in [1.82, 2.24) is 0 Å². The number of allylic oxidation sites excluding steroid dienone is 10. The van der Waals surface area contributed by atoms with Crippen LogP contribution in [0.15, 0.2) is 59.8 Å². The van der Waals surface area contributed by atoms with Gasteiger partial charge in [-0.2, -0.15) is 0 Å². The van der Waals surface area contributed by atoms with Gasteiger partial charge in [-0.15, -0.1) is 0 Å². The summed E-state index contributed by atoms with van der Waals surface area (Å²) < 4.78 is 0. The lowest BCUT2D eigenvalue weighted by Gasteiger charge is -2.41. The Hall–Kier alpha value is -1.30. The van der Waals surface area contributed by atoms with Crippen molar-refractivity contribution in [2.24, 2.45) is 35.5 Å². The van der Waals surface area contributed by atoms with Gasteiger partial charge >= 0.3 is 0 Å². The second-order valence-electron chi connectivity index (χ2n) is 20.6. The van der Waals surface area contributed by atoms with Gasteiger partial charge in [0.25, 0.3) is 0 Å². The third-order valence-electron chi connectivity index (χ3n) is 15.0. The van der Waals surface area contributed by atoms with Gasteiger partial charge in [0.15, 0.2) is 0 Å². The van der Waals surface area contributed by atoms with Gasteiger partial charge in [-0.05, 0) is 119 Å². The van der Waals surface area contributed by atoms with Gasteiger partial charge in [0.05, 0.1) is 0 Å². The van der Waals surface area contributed by atoms with Gasteiger partial charge in [-0.3, -0.25) is 0 Å². The van der Waals surface area contributed by atoms with Crippen molar-refractivity contribution < 1.29 is 0 Å². The standard InChI is InChI=1S/C32H60.C30H54/c1-5-9-13-16-19-22-26-30-32(29-25-21-18-15-11-7-3)31(27-23-12-8-4)28-24-20-17-14-10-6-2;1-5-8-11-13-16-18-26-21-22-28-23-25(4)27(19-15-10-7-3)24-30(28)29(26)20-17-14-12-9-6-2/h8,12,19,22,27,32H,5-7,9-11,13-18,20-21,23-26,28-30H2,1-4H3;21-22,24-29H,5-20,23H2,1-4H3/b12-8+,22-19+,31-27?;. The highest BCUT2D eigenvalue weighted by Gasteiger charge is 2.35. The minimum atomic E-state index is 0.763. The first kappa shape index (κ1) is 58.7. The van der Waals surface area contributed by atoms with Gasteiger partial charge in [0.2, 0.25) is 0 Å². The molecular weight excluding hydrogens is 745 g/mol. The predicted molar refractivity (Wildman–Crippen MR) is 285 cm³/mol. The minimum absolute atomic E-state index is 0.763. The summed E-state index contributed by atoms with van der Waals surface area (Å²) in [4.78, 5) is 0. The molecule has 6 unspecified atom stereocenters. The lowest BCUT2D eigenvalue weighted by molar-refractivity contribution is 0.268. The van der Waals surface area contributed by atoms with Crippen molar-refractivity contribution in [3.8, 4) is 0 Å². The summed E-state index contributed by atoms with van der Waals surface area (Å²) in [5, 5.41) is 0. The largest absolute Gasteiger partial charge is 0.0914 e. The molecule has 0 radical (unpaired) electrons. The first-order chi connectivity index (χ1) is 30.5. The molecule has 0 spiro atoms. The summed E-state index contributed by atoms with van der Waals surface area (Å²) in [6.45, 7) is 18.6. The van der Waals surface area contributed by atoms with Crippen molar-refractivity contribution in [1.29, 1.82) is 0 Å². The Balaban J connectivity index is 0.000000621. The van der Waals surface area contributed by atoms with Crippen molar-refractivity contribution in [2.75, 3.05) is 0 Å². The quantitative estimate of drug-likeness (QED) is 0.0425. The Morgan fingerprint density at radius 1 is 0.516 bits per heavy atom. The molecule has 0 heterocycles. The zero-order valence-corrected chi connectivity index (χ0v) is 44.0. The zero-order valence-electron chi connectivity index (χ0n) is 44.0. The van der Waals surface area contributed by atoms with Crippen LogP contribution in [0.5, 0.6) is 0 Å². The average molecular weight is 860 g/mol. The predicted octanol–water partition coefficient (Wildman–Crippen LogP) is 22.2. The third kappa shape index (κ3) is 30.0. The monoisotopic (exact) mass is 859 g/mol. The van der Waals surface area contributed by atoms with Crippen molar-refractivity contribution in [3.05, 3.63) is 59.8 Å². The molecule has 0 fully saturated rings. The summed E-state index contributed by atoms with van der Waals surface area (Å²) >= 11 is 0. The molecule has 0 aromatic carbocycles. The Labute approximate surface area is 393 Å². The molecule has 2 rings (SSSR count). The molecule has 0 aromatic rings. The Bertz CT molecular complexity index is 1100. The van der Waals surface area contributed by atoms with Gasteiger partial charge in [0.1, 0.15) is 0 Å². The molecule has 0 heteroatoms. The van der Waals surface area contributed by atoms with E-state index in [1.807, 2.05) is 5.57 Å². The number of rotatable bonds is 40. The van der Waals surface area contributed by atoms with Crippen molar-refractivity contribution in [2.45, 2.75) is 299 Å². The molecule has 6 atom stereocenters. The van der Waals surface area contributed by atoms with Gasteiger partial charge in [-0.25, -0.2) is 0 Å². The highest BCUT2D eigenvalue weighted by Crippen LogP contribution is 2.47. The van der Waals surface area contributed by atoms with Gasteiger partial charge < -0.3 is 0 Å². The molecule has 0 amide bonds. The van der Waals surface area contributed by atoms with Crippen LogP contribution in [0.1, 0.15) is 299 Å². The van der Waals surface area contributed by atoms with Crippen LogP contribution in [0.4, 0.5) is 0 Å². The van der Waals surface area contributed by atoms with E-state index in [2.05, 4.69) is 104 Å². The Kier molecular flexibility index (Phi) is 41.3. The van der Waals surface area contributed by atoms with E-state index in [1.165, 1.54) is 238 Å². The molecule has 0 saturated heterocycles. The molecule has 0 nitrogen and oxygen atoms in total. The minimum Gasteiger partial charge on any atom is -0.0914 e. The fourth-order valence-electron chi connectivity index (χ4n) is 10.8. The van der Waals surface area contributed by atoms with E-state index < -0.39 is 0 Å². The summed E-state index contributed by atoms with van der Waals surface area (Å²) in [6, 6.07) is 0. The van der Waals surface area contributed by atoms with Crippen LogP contribution in [0.3, 0.4) is 0 Å². The van der Waals surface area contributed by atoms with Crippen LogP contribution < -0.4 is 0 Å². The number of unbranched alkanes of at least 4 members (excludes halogenated alkanes) is 23. The molecule has 0 aromatic heterocycles. The SMILES string of the molecule is C/C=C/CC=C(CCCCCCCC)C(CC/C=C/CCCCC)CCCCCCCC.CCCCCCCC1C=CC2CC(C)C(CCCCC)C=C2C1CCCCCCC. The molecule has 362 valence electrons. The van der Waals surface area contributed by atoms with Crippen LogP contribution in [-0.4, -0.2) is 0 Å². The van der Waals surface area contributed by atoms with Crippen LogP contribution >= 0.6 is 0 Å². The lowest BCUT2D eigenvalue weighted by Crippen LogP contribution is -2.30. The number of hydrogen-bond acceptors (Lipinski definition) is 0. The molecule has 0 saturated carbocycles. The first-order valence-corrected chi connectivity index (χ1v) is 28.9. The van der Waals surface area contributed by atoms with Crippen LogP contribution in [0.2, 0.25) is 0 Å². The second kappa shape index (κ2) is 43.6. The molecule has 0 bridgehead atoms. The third-order valence-corrected chi connectivity index (χ3v) is 15.0. The maximum Gasteiger partial charge on any atom is -0.00173 e. The fraction of sp³-hybridized carbons (Fsp3) is 0.839. The summed E-state index contributed by atoms with van der Waals surface area (Å²) in [5.74, 6) is 4.97. The van der Waals surface area contributed by atoms with E-state index in [1.54, 1.807) is 5.57 Å². The van der Waals surface area contributed by atoms with Crippen molar-refractivity contribution >= 4 is 0 Å². The van der Waals surface area contributed by atoms with Crippen LogP contribution in [0, 0.1) is 35.5 Å².